The van der Waals surface area contributed by atoms with E-state index in [0.717, 1.165) is 0 Å². The highest BCUT2D eigenvalue weighted by molar-refractivity contribution is 6.45. The van der Waals surface area contributed by atoms with Gasteiger partial charge in [0.25, 0.3) is 0 Å². The standard InChI is InChI=1S/C12H5Cl4F3N2/c13-5-1-3-6(4-2-5)20-11-9(15)8(14)7(10(16)21-11)12(17,18)19/h1-4H,(H,20,21). The fourth-order valence-corrected chi connectivity index (χ4v) is 2.43. The fourth-order valence-electron chi connectivity index (χ4n) is 1.50. The Morgan fingerprint density at radius 1 is 0.905 bits per heavy atom. The monoisotopic (exact) mass is 374 g/mol. The van der Waals surface area contributed by atoms with E-state index in [1.165, 1.54) is 0 Å². The van der Waals surface area contributed by atoms with E-state index in [0.29, 0.717) is 10.7 Å². The van der Waals surface area contributed by atoms with Crippen molar-refractivity contribution in [3.8, 4) is 0 Å². The van der Waals surface area contributed by atoms with Gasteiger partial charge >= 0.3 is 6.18 Å². The van der Waals surface area contributed by atoms with Crippen LogP contribution in [0.1, 0.15) is 5.56 Å². The molecular formula is C12H5Cl4F3N2. The second-order valence-electron chi connectivity index (χ2n) is 3.88. The molecule has 21 heavy (non-hydrogen) atoms. The van der Waals surface area contributed by atoms with Gasteiger partial charge in [-0.2, -0.15) is 13.2 Å². The van der Waals surface area contributed by atoms with Gasteiger partial charge in [-0.05, 0) is 24.3 Å². The smallest absolute Gasteiger partial charge is 0.339 e. The molecule has 0 aliphatic heterocycles. The van der Waals surface area contributed by atoms with Crippen LogP contribution in [-0.4, -0.2) is 4.98 Å². The number of nitrogens with zero attached hydrogens (tertiary/aromatic N) is 1. The Kier molecular flexibility index (Phi) is 4.78. The highest BCUT2D eigenvalue weighted by atomic mass is 35.5. The molecule has 0 spiro atoms. The molecule has 112 valence electrons. The number of anilines is 2. The predicted molar refractivity (Wildman–Crippen MR) is 79.0 cm³/mol. The summed E-state index contributed by atoms with van der Waals surface area (Å²) in [5.41, 5.74) is -0.752. The summed E-state index contributed by atoms with van der Waals surface area (Å²) in [6.07, 6.45) is -4.75. The first kappa shape index (κ1) is 16.5. The number of halogens is 7. The maximum absolute atomic E-state index is 12.8. The van der Waals surface area contributed by atoms with Crippen LogP contribution in [0.5, 0.6) is 0 Å². The van der Waals surface area contributed by atoms with Crippen molar-refractivity contribution in [2.45, 2.75) is 6.18 Å². The first-order chi connectivity index (χ1) is 9.70. The van der Waals surface area contributed by atoms with E-state index in [-0.39, 0.29) is 10.8 Å². The van der Waals surface area contributed by atoms with Gasteiger partial charge in [-0.1, -0.05) is 46.4 Å². The van der Waals surface area contributed by atoms with Crippen molar-refractivity contribution in [3.05, 3.63) is 50.0 Å². The summed E-state index contributed by atoms with van der Waals surface area (Å²) in [5.74, 6) is -0.0815. The third-order valence-electron chi connectivity index (χ3n) is 2.43. The van der Waals surface area contributed by atoms with Gasteiger partial charge in [0.05, 0.1) is 5.02 Å². The minimum absolute atomic E-state index is 0.0815. The minimum Gasteiger partial charge on any atom is -0.339 e. The maximum atomic E-state index is 12.8. The summed E-state index contributed by atoms with van der Waals surface area (Å²) < 4.78 is 38.4. The lowest BCUT2D eigenvalue weighted by Crippen LogP contribution is -2.10. The molecular weight excluding hydrogens is 371 g/mol. The van der Waals surface area contributed by atoms with Crippen molar-refractivity contribution < 1.29 is 13.2 Å². The van der Waals surface area contributed by atoms with Crippen molar-refractivity contribution in [2.24, 2.45) is 0 Å². The molecule has 0 saturated carbocycles. The molecule has 2 aromatic rings. The van der Waals surface area contributed by atoms with Crippen LogP contribution in [0.4, 0.5) is 24.7 Å². The van der Waals surface area contributed by atoms with Crippen molar-refractivity contribution in [3.63, 3.8) is 0 Å². The molecule has 0 aliphatic rings. The van der Waals surface area contributed by atoms with Gasteiger partial charge in [-0.3, -0.25) is 0 Å². The predicted octanol–water partition coefficient (Wildman–Crippen LogP) is 6.46. The summed E-state index contributed by atoms with van der Waals surface area (Å²) in [6.45, 7) is 0. The highest BCUT2D eigenvalue weighted by Gasteiger charge is 2.38. The lowest BCUT2D eigenvalue weighted by molar-refractivity contribution is -0.137. The molecule has 0 radical (unpaired) electrons. The van der Waals surface area contributed by atoms with Gasteiger partial charge in [-0.25, -0.2) is 4.98 Å². The Morgan fingerprint density at radius 2 is 1.48 bits per heavy atom. The zero-order valence-electron chi connectivity index (χ0n) is 9.90. The fraction of sp³-hybridized carbons (Fsp3) is 0.0833. The number of nitrogens with one attached hydrogen (secondary N) is 1. The zero-order chi connectivity index (χ0) is 15.8. The molecule has 0 bridgehead atoms. The van der Waals surface area contributed by atoms with Crippen LogP contribution in [-0.2, 0) is 6.18 Å². The van der Waals surface area contributed by atoms with Crippen LogP contribution in [0.3, 0.4) is 0 Å². The largest absolute Gasteiger partial charge is 0.420 e. The van der Waals surface area contributed by atoms with Gasteiger partial charge in [0.2, 0.25) is 0 Å². The number of benzene rings is 1. The molecule has 0 atom stereocenters. The number of hydrogen-bond acceptors (Lipinski definition) is 2. The zero-order valence-corrected chi connectivity index (χ0v) is 12.9. The first-order valence-corrected chi connectivity index (χ1v) is 6.85. The average Bonchev–Trinajstić information content (AvgIpc) is 2.36. The number of aromatic nitrogens is 1. The number of alkyl halides is 3. The Labute approximate surface area is 137 Å². The van der Waals surface area contributed by atoms with Crippen molar-refractivity contribution in [1.29, 1.82) is 0 Å². The summed E-state index contributed by atoms with van der Waals surface area (Å²) in [6, 6.07) is 6.37. The van der Waals surface area contributed by atoms with E-state index in [2.05, 4.69) is 10.3 Å². The number of pyridine rings is 1. The Bertz CT molecular complexity index is 672. The minimum atomic E-state index is -4.75. The third-order valence-corrected chi connectivity index (χ3v) is 3.79. The van der Waals surface area contributed by atoms with E-state index >= 15 is 0 Å². The van der Waals surface area contributed by atoms with Gasteiger partial charge in [0, 0.05) is 10.7 Å². The summed E-state index contributed by atoms with van der Waals surface area (Å²) in [5, 5.41) is 1.36. The Morgan fingerprint density at radius 3 is 2.00 bits per heavy atom. The molecule has 1 aromatic heterocycles. The molecule has 2 nitrogen and oxygen atoms in total. The van der Waals surface area contributed by atoms with E-state index < -0.39 is 21.9 Å². The van der Waals surface area contributed by atoms with Crippen LogP contribution in [0.25, 0.3) is 0 Å². The van der Waals surface area contributed by atoms with Crippen molar-refractivity contribution in [2.75, 3.05) is 5.32 Å². The lowest BCUT2D eigenvalue weighted by Gasteiger charge is -2.15. The molecule has 0 saturated heterocycles. The van der Waals surface area contributed by atoms with Crippen LogP contribution in [0.15, 0.2) is 24.3 Å². The lowest BCUT2D eigenvalue weighted by atomic mass is 10.2. The first-order valence-electron chi connectivity index (χ1n) is 5.34. The number of rotatable bonds is 2. The molecule has 1 N–H and O–H groups in total. The van der Waals surface area contributed by atoms with Crippen LogP contribution in [0, 0.1) is 0 Å². The second-order valence-corrected chi connectivity index (χ2v) is 5.43. The molecule has 1 heterocycles. The van der Waals surface area contributed by atoms with Crippen LogP contribution < -0.4 is 5.32 Å². The summed E-state index contributed by atoms with van der Waals surface area (Å²) in [4.78, 5) is 3.60. The van der Waals surface area contributed by atoms with Gasteiger partial charge in [0.15, 0.2) is 5.82 Å². The van der Waals surface area contributed by atoms with Gasteiger partial charge < -0.3 is 5.32 Å². The summed E-state index contributed by atoms with van der Waals surface area (Å²) >= 11 is 22.7. The van der Waals surface area contributed by atoms with Crippen LogP contribution >= 0.6 is 46.4 Å². The molecule has 0 unspecified atom stereocenters. The van der Waals surface area contributed by atoms with Crippen molar-refractivity contribution in [1.82, 2.24) is 4.98 Å². The second kappa shape index (κ2) is 6.08. The molecule has 1 aromatic carbocycles. The molecule has 2 rings (SSSR count). The van der Waals surface area contributed by atoms with E-state index in [1.54, 1.807) is 24.3 Å². The average molecular weight is 376 g/mol. The van der Waals surface area contributed by atoms with Gasteiger partial charge in [0.1, 0.15) is 15.7 Å². The van der Waals surface area contributed by atoms with Crippen molar-refractivity contribution >= 4 is 57.9 Å². The third kappa shape index (κ3) is 3.66. The van der Waals surface area contributed by atoms with E-state index in [4.69, 9.17) is 46.4 Å². The molecule has 0 amide bonds. The normalized spacial score (nSPS) is 11.6. The molecule has 0 fully saturated rings. The highest BCUT2D eigenvalue weighted by Crippen LogP contribution is 2.44. The van der Waals surface area contributed by atoms with E-state index in [1.807, 2.05) is 0 Å². The maximum Gasteiger partial charge on any atom is 0.420 e. The quantitative estimate of drug-likeness (QED) is 0.609. The summed E-state index contributed by atoms with van der Waals surface area (Å²) in [7, 11) is 0. The number of hydrogen-bond donors (Lipinski definition) is 1. The van der Waals surface area contributed by atoms with Gasteiger partial charge in [-0.15, -0.1) is 0 Å². The Balaban J connectivity index is 2.45. The van der Waals surface area contributed by atoms with Crippen LogP contribution in [0.2, 0.25) is 20.2 Å². The SMILES string of the molecule is FC(F)(F)c1c(Cl)nc(Nc2ccc(Cl)cc2)c(Cl)c1Cl. The topological polar surface area (TPSA) is 24.9 Å². The van der Waals surface area contributed by atoms with E-state index in [9.17, 15) is 13.2 Å². The Hall–Kier alpha value is -0.880. The molecule has 0 aliphatic carbocycles. The molecule has 9 heteroatoms.